The maximum atomic E-state index is 12.5. The van der Waals surface area contributed by atoms with E-state index >= 15 is 0 Å². The molecule has 0 atom stereocenters. The number of benzene rings is 1. The highest BCUT2D eigenvalue weighted by Gasteiger charge is 2.20. The molecule has 2 rings (SSSR count). The van der Waals surface area contributed by atoms with Crippen LogP contribution in [0.15, 0.2) is 24.3 Å². The van der Waals surface area contributed by atoms with Gasteiger partial charge in [0, 0.05) is 18.7 Å². The number of hydrogen-bond donors (Lipinski definition) is 1. The number of nitrogens with zero attached hydrogens (tertiary/aromatic N) is 1. The molecule has 1 saturated carbocycles. The standard InChI is InChI=1S/C20H30N2O2/c1-3-14-22(20(24)13-12-17-9-5-6-10-17)15-19(23)21-18-11-7-4-8-16(18)2/h4,7-8,11,17H,3,5-6,9-10,12-15H2,1-2H3,(H,21,23). The zero-order valence-electron chi connectivity index (χ0n) is 15.0. The van der Waals surface area contributed by atoms with Crippen molar-refractivity contribution in [3.8, 4) is 0 Å². The molecular formula is C20H30N2O2. The van der Waals surface area contributed by atoms with E-state index in [1.165, 1.54) is 25.7 Å². The summed E-state index contributed by atoms with van der Waals surface area (Å²) in [5.41, 5.74) is 1.85. The monoisotopic (exact) mass is 330 g/mol. The van der Waals surface area contributed by atoms with Gasteiger partial charge < -0.3 is 10.2 Å². The third-order valence-electron chi connectivity index (χ3n) is 4.84. The largest absolute Gasteiger partial charge is 0.333 e. The van der Waals surface area contributed by atoms with Gasteiger partial charge in [-0.25, -0.2) is 0 Å². The number of anilines is 1. The van der Waals surface area contributed by atoms with E-state index in [9.17, 15) is 9.59 Å². The maximum Gasteiger partial charge on any atom is 0.244 e. The highest BCUT2D eigenvalue weighted by molar-refractivity contribution is 5.95. The molecule has 0 bridgehead atoms. The zero-order chi connectivity index (χ0) is 17.4. The number of carbonyl (C=O) groups excluding carboxylic acids is 2. The number of hydrogen-bond acceptors (Lipinski definition) is 2. The van der Waals surface area contributed by atoms with Gasteiger partial charge in [-0.05, 0) is 37.3 Å². The fourth-order valence-electron chi connectivity index (χ4n) is 3.42. The van der Waals surface area contributed by atoms with Gasteiger partial charge in [0.2, 0.25) is 11.8 Å². The van der Waals surface area contributed by atoms with Gasteiger partial charge >= 0.3 is 0 Å². The molecule has 1 fully saturated rings. The van der Waals surface area contributed by atoms with E-state index < -0.39 is 0 Å². The number of amides is 2. The van der Waals surface area contributed by atoms with E-state index in [-0.39, 0.29) is 18.4 Å². The topological polar surface area (TPSA) is 49.4 Å². The van der Waals surface area contributed by atoms with Crippen molar-refractivity contribution >= 4 is 17.5 Å². The lowest BCUT2D eigenvalue weighted by Crippen LogP contribution is -2.38. The second-order valence-corrected chi connectivity index (χ2v) is 6.87. The van der Waals surface area contributed by atoms with Crippen molar-refractivity contribution in [2.24, 2.45) is 5.92 Å². The van der Waals surface area contributed by atoms with Crippen molar-refractivity contribution in [2.45, 2.75) is 58.8 Å². The quantitative estimate of drug-likeness (QED) is 0.778. The maximum absolute atomic E-state index is 12.5. The highest BCUT2D eigenvalue weighted by Crippen LogP contribution is 2.28. The molecule has 0 heterocycles. The first-order valence-corrected chi connectivity index (χ1v) is 9.23. The number of aryl methyl sites for hydroxylation is 1. The van der Waals surface area contributed by atoms with Gasteiger partial charge in [-0.15, -0.1) is 0 Å². The molecule has 1 aromatic carbocycles. The van der Waals surface area contributed by atoms with Crippen LogP contribution in [0.4, 0.5) is 5.69 Å². The first-order valence-electron chi connectivity index (χ1n) is 9.23. The minimum Gasteiger partial charge on any atom is -0.333 e. The van der Waals surface area contributed by atoms with Gasteiger partial charge in [0.1, 0.15) is 0 Å². The molecule has 0 radical (unpaired) electrons. The second-order valence-electron chi connectivity index (χ2n) is 6.87. The molecular weight excluding hydrogens is 300 g/mol. The minimum absolute atomic E-state index is 0.115. The first-order chi connectivity index (χ1) is 11.6. The van der Waals surface area contributed by atoms with Crippen LogP contribution in [0.5, 0.6) is 0 Å². The van der Waals surface area contributed by atoms with Crippen molar-refractivity contribution in [1.82, 2.24) is 4.90 Å². The molecule has 24 heavy (non-hydrogen) atoms. The van der Waals surface area contributed by atoms with Gasteiger partial charge in [-0.3, -0.25) is 9.59 Å². The van der Waals surface area contributed by atoms with Crippen LogP contribution in [0.2, 0.25) is 0 Å². The first kappa shape index (κ1) is 18.5. The molecule has 4 nitrogen and oxygen atoms in total. The molecule has 0 spiro atoms. The van der Waals surface area contributed by atoms with Crippen LogP contribution >= 0.6 is 0 Å². The van der Waals surface area contributed by atoms with Crippen LogP contribution in [-0.2, 0) is 9.59 Å². The average Bonchev–Trinajstić information content (AvgIpc) is 3.08. The highest BCUT2D eigenvalue weighted by atomic mass is 16.2. The molecule has 2 amide bonds. The predicted octanol–water partition coefficient (Wildman–Crippen LogP) is 4.14. The van der Waals surface area contributed by atoms with Crippen molar-refractivity contribution < 1.29 is 9.59 Å². The summed E-state index contributed by atoms with van der Waals surface area (Å²) in [5, 5.41) is 2.92. The Morgan fingerprint density at radius 3 is 2.58 bits per heavy atom. The summed E-state index contributed by atoms with van der Waals surface area (Å²) in [4.78, 5) is 26.5. The fraction of sp³-hybridized carbons (Fsp3) is 0.600. The van der Waals surface area contributed by atoms with Crippen LogP contribution in [-0.4, -0.2) is 29.8 Å². The van der Waals surface area contributed by atoms with Crippen molar-refractivity contribution in [1.29, 1.82) is 0 Å². The summed E-state index contributed by atoms with van der Waals surface area (Å²) in [7, 11) is 0. The van der Waals surface area contributed by atoms with Gasteiger partial charge in [-0.1, -0.05) is 50.8 Å². The Kier molecular flexibility index (Phi) is 7.29. The number of nitrogens with one attached hydrogen (secondary N) is 1. The molecule has 1 aromatic rings. The van der Waals surface area contributed by atoms with Crippen LogP contribution < -0.4 is 5.32 Å². The van der Waals surface area contributed by atoms with Gasteiger partial charge in [0.15, 0.2) is 0 Å². The third-order valence-corrected chi connectivity index (χ3v) is 4.84. The van der Waals surface area contributed by atoms with E-state index in [0.29, 0.717) is 18.9 Å². The second kappa shape index (κ2) is 9.45. The Hall–Kier alpha value is -1.84. The van der Waals surface area contributed by atoms with Crippen molar-refractivity contribution in [3.63, 3.8) is 0 Å². The minimum atomic E-state index is -0.119. The van der Waals surface area contributed by atoms with Crippen molar-refractivity contribution in [3.05, 3.63) is 29.8 Å². The number of carbonyl (C=O) groups is 2. The Balaban J connectivity index is 1.85. The van der Waals surface area contributed by atoms with Gasteiger partial charge in [0.25, 0.3) is 0 Å². The molecule has 132 valence electrons. The lowest BCUT2D eigenvalue weighted by Gasteiger charge is -2.22. The Morgan fingerprint density at radius 1 is 1.21 bits per heavy atom. The molecule has 0 saturated heterocycles. The summed E-state index contributed by atoms with van der Waals surface area (Å²) < 4.78 is 0. The van der Waals surface area contributed by atoms with Crippen LogP contribution in [0, 0.1) is 12.8 Å². The summed E-state index contributed by atoms with van der Waals surface area (Å²) in [6, 6.07) is 7.70. The van der Waals surface area contributed by atoms with Gasteiger partial charge in [0.05, 0.1) is 6.54 Å². The van der Waals surface area contributed by atoms with Crippen molar-refractivity contribution in [2.75, 3.05) is 18.4 Å². The van der Waals surface area contributed by atoms with E-state index in [0.717, 1.165) is 24.1 Å². The van der Waals surface area contributed by atoms with E-state index in [1.807, 2.05) is 38.1 Å². The molecule has 4 heteroatoms. The smallest absolute Gasteiger partial charge is 0.244 e. The Morgan fingerprint density at radius 2 is 1.92 bits per heavy atom. The molecule has 0 aliphatic heterocycles. The van der Waals surface area contributed by atoms with Crippen LogP contribution in [0.1, 0.15) is 57.4 Å². The number of rotatable bonds is 8. The number of para-hydroxylation sites is 1. The fourth-order valence-corrected chi connectivity index (χ4v) is 3.42. The van der Waals surface area contributed by atoms with E-state index in [1.54, 1.807) is 4.90 Å². The van der Waals surface area contributed by atoms with Gasteiger partial charge in [-0.2, -0.15) is 0 Å². The Bertz CT molecular complexity index is 550. The summed E-state index contributed by atoms with van der Waals surface area (Å²) in [5.74, 6) is 0.703. The summed E-state index contributed by atoms with van der Waals surface area (Å²) in [6.07, 6.45) is 7.53. The van der Waals surface area contributed by atoms with Crippen LogP contribution in [0.25, 0.3) is 0 Å². The summed E-state index contributed by atoms with van der Waals surface area (Å²) in [6.45, 7) is 4.79. The molecule has 0 aromatic heterocycles. The molecule has 1 aliphatic rings. The SMILES string of the molecule is CCCN(CC(=O)Nc1ccccc1C)C(=O)CCC1CCCC1. The van der Waals surface area contributed by atoms with E-state index in [4.69, 9.17) is 0 Å². The molecule has 1 aliphatic carbocycles. The third kappa shape index (κ3) is 5.66. The predicted molar refractivity (Wildman–Crippen MR) is 97.9 cm³/mol. The van der Waals surface area contributed by atoms with Crippen LogP contribution in [0.3, 0.4) is 0 Å². The lowest BCUT2D eigenvalue weighted by atomic mass is 10.0. The molecule has 0 unspecified atom stereocenters. The summed E-state index contributed by atoms with van der Waals surface area (Å²) >= 11 is 0. The zero-order valence-corrected chi connectivity index (χ0v) is 15.0. The van der Waals surface area contributed by atoms with E-state index in [2.05, 4.69) is 5.32 Å². The molecule has 1 N–H and O–H groups in total. The lowest BCUT2D eigenvalue weighted by molar-refractivity contribution is -0.135. The average molecular weight is 330 g/mol. The Labute approximate surface area is 145 Å². The normalized spacial score (nSPS) is 14.6.